The summed E-state index contributed by atoms with van der Waals surface area (Å²) >= 11 is 1.58. The second-order valence-electron chi connectivity index (χ2n) is 6.60. The molecule has 6 nitrogen and oxygen atoms in total. The zero-order chi connectivity index (χ0) is 18.5. The van der Waals surface area contributed by atoms with Crippen molar-refractivity contribution in [3.05, 3.63) is 58.7 Å². The lowest BCUT2D eigenvalue weighted by molar-refractivity contribution is 0.0954. The van der Waals surface area contributed by atoms with Gasteiger partial charge in [-0.2, -0.15) is 0 Å². The van der Waals surface area contributed by atoms with Crippen molar-refractivity contribution in [2.75, 3.05) is 18.4 Å². The molecule has 3 aromatic heterocycles. The highest BCUT2D eigenvalue weighted by molar-refractivity contribution is 7.09. The van der Waals surface area contributed by atoms with Gasteiger partial charge in [-0.3, -0.25) is 9.78 Å². The summed E-state index contributed by atoms with van der Waals surface area (Å²) in [7, 11) is 0. The molecule has 2 N–H and O–H groups in total. The van der Waals surface area contributed by atoms with Gasteiger partial charge in [-0.15, -0.1) is 11.3 Å². The molecule has 1 saturated carbocycles. The molecule has 7 heteroatoms. The van der Waals surface area contributed by atoms with Crippen LogP contribution in [-0.4, -0.2) is 33.9 Å². The van der Waals surface area contributed by atoms with Crippen LogP contribution in [0.2, 0.25) is 0 Å². The van der Waals surface area contributed by atoms with Crippen LogP contribution < -0.4 is 10.6 Å². The van der Waals surface area contributed by atoms with Crippen molar-refractivity contribution < 1.29 is 4.79 Å². The van der Waals surface area contributed by atoms with E-state index in [0.717, 1.165) is 34.7 Å². The molecule has 1 fully saturated rings. The van der Waals surface area contributed by atoms with Gasteiger partial charge in [0.05, 0.1) is 22.0 Å². The van der Waals surface area contributed by atoms with Crippen LogP contribution in [0.3, 0.4) is 0 Å². The van der Waals surface area contributed by atoms with Crippen LogP contribution in [0.25, 0.3) is 11.4 Å². The second-order valence-corrected chi connectivity index (χ2v) is 7.55. The van der Waals surface area contributed by atoms with Crippen molar-refractivity contribution in [2.24, 2.45) is 5.92 Å². The first-order valence-corrected chi connectivity index (χ1v) is 10.00. The first kappa shape index (κ1) is 17.6. The number of rotatable bonds is 8. The highest BCUT2D eigenvalue weighted by Gasteiger charge is 2.20. The van der Waals surface area contributed by atoms with Gasteiger partial charge >= 0.3 is 0 Å². The maximum absolute atomic E-state index is 12.3. The minimum absolute atomic E-state index is 0.113. The summed E-state index contributed by atoms with van der Waals surface area (Å²) in [5.41, 5.74) is 2.31. The lowest BCUT2D eigenvalue weighted by Gasteiger charge is -2.06. The number of aromatic nitrogens is 3. The third-order valence-corrected chi connectivity index (χ3v) is 5.31. The van der Waals surface area contributed by atoms with Crippen LogP contribution in [0.4, 0.5) is 5.82 Å². The van der Waals surface area contributed by atoms with E-state index in [0.29, 0.717) is 18.5 Å². The summed E-state index contributed by atoms with van der Waals surface area (Å²) in [5, 5.41) is 9.20. The molecule has 0 atom stereocenters. The van der Waals surface area contributed by atoms with Gasteiger partial charge in [-0.25, -0.2) is 9.97 Å². The number of anilines is 1. The molecule has 0 unspecified atom stereocenters. The predicted octanol–water partition coefficient (Wildman–Crippen LogP) is 3.39. The number of nitrogens with one attached hydrogen (secondary N) is 2. The van der Waals surface area contributed by atoms with E-state index < -0.39 is 0 Å². The highest BCUT2D eigenvalue weighted by atomic mass is 32.1. The number of nitrogens with zero attached hydrogens (tertiary/aromatic N) is 3. The smallest absolute Gasteiger partial charge is 0.252 e. The van der Waals surface area contributed by atoms with Crippen LogP contribution in [0.5, 0.6) is 0 Å². The van der Waals surface area contributed by atoms with Crippen molar-refractivity contribution in [2.45, 2.75) is 19.3 Å². The van der Waals surface area contributed by atoms with Crippen LogP contribution in [-0.2, 0) is 6.42 Å². The van der Waals surface area contributed by atoms with Gasteiger partial charge in [0.2, 0.25) is 0 Å². The average Bonchev–Trinajstić information content (AvgIpc) is 3.43. The maximum atomic E-state index is 12.3. The van der Waals surface area contributed by atoms with Crippen molar-refractivity contribution in [1.82, 2.24) is 20.3 Å². The fourth-order valence-corrected chi connectivity index (χ4v) is 3.44. The van der Waals surface area contributed by atoms with E-state index in [9.17, 15) is 4.79 Å². The Morgan fingerprint density at radius 2 is 2.07 bits per heavy atom. The summed E-state index contributed by atoms with van der Waals surface area (Å²) in [6, 6.07) is 9.44. The van der Waals surface area contributed by atoms with E-state index in [1.165, 1.54) is 12.8 Å². The normalized spacial score (nSPS) is 13.3. The first-order valence-electron chi connectivity index (χ1n) is 9.12. The topological polar surface area (TPSA) is 79.8 Å². The molecule has 0 bridgehead atoms. The zero-order valence-electron chi connectivity index (χ0n) is 14.9. The number of carbonyl (C=O) groups is 1. The Morgan fingerprint density at radius 3 is 2.81 bits per heavy atom. The van der Waals surface area contributed by atoms with E-state index in [1.807, 2.05) is 29.6 Å². The van der Waals surface area contributed by atoms with Crippen molar-refractivity contribution in [3.63, 3.8) is 0 Å². The van der Waals surface area contributed by atoms with Crippen molar-refractivity contribution >= 4 is 23.1 Å². The SMILES string of the molecule is O=C(NCCc1nc(-c2ccccn2)cs1)c1ccc(NCC2CC2)nc1. The molecule has 1 aliphatic carbocycles. The molecule has 138 valence electrons. The van der Waals surface area contributed by atoms with Crippen molar-refractivity contribution in [3.8, 4) is 11.4 Å². The summed E-state index contributed by atoms with van der Waals surface area (Å²) in [5.74, 6) is 1.50. The van der Waals surface area contributed by atoms with E-state index in [1.54, 1.807) is 29.8 Å². The number of carbonyl (C=O) groups excluding carboxylic acids is 1. The van der Waals surface area contributed by atoms with Gasteiger partial charge < -0.3 is 10.6 Å². The molecular weight excluding hydrogens is 358 g/mol. The molecule has 27 heavy (non-hydrogen) atoms. The predicted molar refractivity (Wildman–Crippen MR) is 107 cm³/mol. The van der Waals surface area contributed by atoms with Crippen molar-refractivity contribution in [1.29, 1.82) is 0 Å². The van der Waals surface area contributed by atoms with Gasteiger partial charge in [0.15, 0.2) is 0 Å². The number of hydrogen-bond acceptors (Lipinski definition) is 6. The number of thiazole rings is 1. The molecule has 1 amide bonds. The van der Waals surface area contributed by atoms with E-state index in [2.05, 4.69) is 25.6 Å². The Hall–Kier alpha value is -2.80. The lowest BCUT2D eigenvalue weighted by atomic mass is 10.2. The molecule has 0 aromatic carbocycles. The zero-order valence-corrected chi connectivity index (χ0v) is 15.7. The number of hydrogen-bond donors (Lipinski definition) is 2. The number of pyridine rings is 2. The summed E-state index contributed by atoms with van der Waals surface area (Å²) < 4.78 is 0. The van der Waals surface area contributed by atoms with E-state index in [-0.39, 0.29) is 5.91 Å². The van der Waals surface area contributed by atoms with Crippen LogP contribution in [0, 0.1) is 5.92 Å². The fraction of sp³-hybridized carbons (Fsp3) is 0.300. The molecule has 3 aromatic rings. The Bertz CT molecular complexity index is 890. The summed E-state index contributed by atoms with van der Waals surface area (Å²) in [6.45, 7) is 1.50. The minimum Gasteiger partial charge on any atom is -0.370 e. The number of amides is 1. The Labute approximate surface area is 162 Å². The largest absolute Gasteiger partial charge is 0.370 e. The van der Waals surface area contributed by atoms with Gasteiger partial charge in [-0.1, -0.05) is 6.07 Å². The third kappa shape index (κ3) is 4.89. The van der Waals surface area contributed by atoms with Gasteiger partial charge in [-0.05, 0) is 43.0 Å². The molecule has 0 radical (unpaired) electrons. The second kappa shape index (κ2) is 8.26. The highest BCUT2D eigenvalue weighted by Crippen LogP contribution is 2.28. The van der Waals surface area contributed by atoms with Gasteiger partial charge in [0.25, 0.3) is 5.91 Å². The minimum atomic E-state index is -0.113. The standard InChI is InChI=1S/C20H21N5OS/c26-20(15-6-7-18(24-12-15)23-11-14-4-5-14)22-10-8-19-25-17(13-27-19)16-3-1-2-9-21-16/h1-3,6-7,9,12-14H,4-5,8,10-11H2,(H,22,26)(H,23,24). The molecule has 1 aliphatic rings. The van der Waals surface area contributed by atoms with Gasteiger partial charge in [0, 0.05) is 37.3 Å². The van der Waals surface area contributed by atoms with Crippen LogP contribution >= 0.6 is 11.3 Å². The summed E-state index contributed by atoms with van der Waals surface area (Å²) in [4.78, 5) is 25.5. The van der Waals surface area contributed by atoms with E-state index >= 15 is 0 Å². The first-order chi connectivity index (χ1) is 13.3. The quantitative estimate of drug-likeness (QED) is 0.627. The molecule has 0 aliphatic heterocycles. The Kier molecular flexibility index (Phi) is 5.39. The average molecular weight is 379 g/mol. The molecule has 0 saturated heterocycles. The molecule has 4 rings (SSSR count). The van der Waals surface area contributed by atoms with Crippen LogP contribution in [0.1, 0.15) is 28.2 Å². The molecule has 3 heterocycles. The van der Waals surface area contributed by atoms with E-state index in [4.69, 9.17) is 0 Å². The fourth-order valence-electron chi connectivity index (χ4n) is 2.65. The summed E-state index contributed by atoms with van der Waals surface area (Å²) in [6.07, 6.45) is 6.67. The Balaban J connectivity index is 1.25. The van der Waals surface area contributed by atoms with Crippen LogP contribution in [0.15, 0.2) is 48.1 Å². The van der Waals surface area contributed by atoms with Gasteiger partial charge in [0.1, 0.15) is 5.82 Å². The maximum Gasteiger partial charge on any atom is 0.252 e. The monoisotopic (exact) mass is 379 g/mol. The Morgan fingerprint density at radius 1 is 1.15 bits per heavy atom. The third-order valence-electron chi connectivity index (χ3n) is 4.40. The molecular formula is C20H21N5OS. The molecule has 0 spiro atoms. The lowest BCUT2D eigenvalue weighted by Crippen LogP contribution is -2.25.